The van der Waals surface area contributed by atoms with E-state index in [0.717, 1.165) is 0 Å². The van der Waals surface area contributed by atoms with Gasteiger partial charge in [0.15, 0.2) is 5.16 Å². The fourth-order valence-corrected chi connectivity index (χ4v) is 2.36. The Balaban J connectivity index is 2.48. The van der Waals surface area contributed by atoms with Crippen LogP contribution in [0.1, 0.15) is 21.6 Å². The lowest BCUT2D eigenvalue weighted by Crippen LogP contribution is -2.08. The van der Waals surface area contributed by atoms with Gasteiger partial charge in [-0.3, -0.25) is 0 Å². The second-order valence-corrected chi connectivity index (χ2v) is 4.77. The molecular formula is C11H12N4O2S. The van der Waals surface area contributed by atoms with Gasteiger partial charge in [-0.05, 0) is 31.2 Å². The standard InChI is InChI=1S/C11H12N4O2S/c1-6-7(2)13-14-9(8(6)10(16)17)18-11-12-4-5-15(11)3/h4-5H,1-3H3,(H,16,17). The molecule has 0 spiro atoms. The van der Waals surface area contributed by atoms with E-state index < -0.39 is 5.97 Å². The fraction of sp³-hybridized carbons (Fsp3) is 0.273. The van der Waals surface area contributed by atoms with Crippen molar-refractivity contribution in [3.05, 3.63) is 29.2 Å². The van der Waals surface area contributed by atoms with E-state index in [4.69, 9.17) is 0 Å². The molecule has 18 heavy (non-hydrogen) atoms. The van der Waals surface area contributed by atoms with Gasteiger partial charge in [0.1, 0.15) is 5.03 Å². The van der Waals surface area contributed by atoms with Crippen molar-refractivity contribution in [3.8, 4) is 0 Å². The maximum Gasteiger partial charge on any atom is 0.338 e. The maximum atomic E-state index is 11.3. The van der Waals surface area contributed by atoms with Gasteiger partial charge in [-0.25, -0.2) is 9.78 Å². The highest BCUT2D eigenvalue weighted by atomic mass is 32.2. The third-order valence-electron chi connectivity index (χ3n) is 2.60. The van der Waals surface area contributed by atoms with E-state index in [2.05, 4.69) is 15.2 Å². The number of hydrogen-bond acceptors (Lipinski definition) is 5. The first kappa shape index (κ1) is 12.6. The van der Waals surface area contributed by atoms with E-state index in [1.807, 2.05) is 7.05 Å². The lowest BCUT2D eigenvalue weighted by molar-refractivity contribution is 0.0690. The Morgan fingerprint density at radius 3 is 2.67 bits per heavy atom. The predicted octanol–water partition coefficient (Wildman–Crippen LogP) is 1.68. The molecule has 2 heterocycles. The Labute approximate surface area is 108 Å². The monoisotopic (exact) mass is 264 g/mol. The van der Waals surface area contributed by atoms with Crippen molar-refractivity contribution in [2.24, 2.45) is 7.05 Å². The highest BCUT2D eigenvalue weighted by molar-refractivity contribution is 7.99. The van der Waals surface area contributed by atoms with Crippen molar-refractivity contribution >= 4 is 17.7 Å². The molecule has 0 unspecified atom stereocenters. The van der Waals surface area contributed by atoms with Crippen LogP contribution < -0.4 is 0 Å². The maximum absolute atomic E-state index is 11.3. The first-order chi connectivity index (χ1) is 8.50. The van der Waals surface area contributed by atoms with Gasteiger partial charge >= 0.3 is 5.97 Å². The summed E-state index contributed by atoms with van der Waals surface area (Å²) < 4.78 is 1.80. The van der Waals surface area contributed by atoms with Crippen molar-refractivity contribution in [1.29, 1.82) is 0 Å². The Bertz CT molecular complexity index is 609. The molecule has 2 aromatic rings. The number of aryl methyl sites for hydroxylation is 2. The topological polar surface area (TPSA) is 80.9 Å². The lowest BCUT2D eigenvalue weighted by atomic mass is 10.1. The van der Waals surface area contributed by atoms with Crippen LogP contribution in [0.25, 0.3) is 0 Å². The quantitative estimate of drug-likeness (QED) is 0.908. The van der Waals surface area contributed by atoms with Crippen molar-refractivity contribution in [2.75, 3.05) is 0 Å². The SMILES string of the molecule is Cc1nnc(Sc2nccn2C)c(C(=O)O)c1C. The third-order valence-corrected chi connectivity index (χ3v) is 3.66. The number of hydrogen-bond donors (Lipinski definition) is 1. The number of carbonyl (C=O) groups is 1. The van der Waals surface area contributed by atoms with Crippen LogP contribution in [0.5, 0.6) is 0 Å². The fourth-order valence-electron chi connectivity index (χ4n) is 1.45. The van der Waals surface area contributed by atoms with E-state index >= 15 is 0 Å². The molecule has 0 aliphatic heterocycles. The average Bonchev–Trinajstić information content (AvgIpc) is 2.69. The number of carboxylic acids is 1. The summed E-state index contributed by atoms with van der Waals surface area (Å²) in [6.45, 7) is 3.47. The summed E-state index contributed by atoms with van der Waals surface area (Å²) >= 11 is 1.20. The molecule has 1 N–H and O–H groups in total. The first-order valence-electron chi connectivity index (χ1n) is 5.23. The molecule has 94 valence electrons. The summed E-state index contributed by atoms with van der Waals surface area (Å²) in [5.41, 5.74) is 1.45. The Hall–Kier alpha value is -1.89. The molecule has 0 saturated carbocycles. The normalized spacial score (nSPS) is 10.6. The molecule has 0 aliphatic carbocycles. The van der Waals surface area contributed by atoms with Gasteiger partial charge in [0, 0.05) is 19.4 Å². The number of aromatic nitrogens is 4. The second kappa shape index (κ2) is 4.77. The van der Waals surface area contributed by atoms with Crippen LogP contribution in [-0.4, -0.2) is 30.8 Å². The van der Waals surface area contributed by atoms with Crippen molar-refractivity contribution < 1.29 is 9.90 Å². The minimum absolute atomic E-state index is 0.190. The molecule has 0 fully saturated rings. The second-order valence-electron chi connectivity index (χ2n) is 3.82. The zero-order valence-corrected chi connectivity index (χ0v) is 11.0. The molecule has 6 nitrogen and oxygen atoms in total. The van der Waals surface area contributed by atoms with Gasteiger partial charge in [0.2, 0.25) is 0 Å². The molecule has 2 aromatic heterocycles. The Kier molecular flexibility index (Phi) is 3.33. The molecule has 2 rings (SSSR count). The predicted molar refractivity (Wildman–Crippen MR) is 65.8 cm³/mol. The average molecular weight is 264 g/mol. The molecule has 0 bridgehead atoms. The van der Waals surface area contributed by atoms with Gasteiger partial charge in [0.25, 0.3) is 0 Å². The summed E-state index contributed by atoms with van der Waals surface area (Å²) in [6.07, 6.45) is 3.44. The highest BCUT2D eigenvalue weighted by Crippen LogP contribution is 2.28. The number of aromatic carboxylic acids is 1. The first-order valence-corrected chi connectivity index (χ1v) is 6.04. The van der Waals surface area contributed by atoms with Crippen molar-refractivity contribution in [2.45, 2.75) is 24.0 Å². The van der Waals surface area contributed by atoms with E-state index in [1.165, 1.54) is 11.8 Å². The summed E-state index contributed by atoms with van der Waals surface area (Å²) in [4.78, 5) is 15.4. The summed E-state index contributed by atoms with van der Waals surface area (Å²) in [5.74, 6) is -0.998. The molecule has 0 radical (unpaired) electrons. The van der Waals surface area contributed by atoms with E-state index in [0.29, 0.717) is 21.4 Å². The summed E-state index contributed by atoms with van der Waals surface area (Å²) in [7, 11) is 1.84. The summed E-state index contributed by atoms with van der Waals surface area (Å²) in [6, 6.07) is 0. The van der Waals surface area contributed by atoms with Gasteiger partial charge < -0.3 is 9.67 Å². The van der Waals surface area contributed by atoms with Gasteiger partial charge in [-0.15, -0.1) is 5.10 Å². The van der Waals surface area contributed by atoms with Crippen molar-refractivity contribution in [1.82, 2.24) is 19.7 Å². The minimum atomic E-state index is -0.998. The van der Waals surface area contributed by atoms with Gasteiger partial charge in [0.05, 0.1) is 11.3 Å². The highest BCUT2D eigenvalue weighted by Gasteiger charge is 2.19. The molecule has 0 saturated heterocycles. The zero-order valence-electron chi connectivity index (χ0n) is 10.2. The van der Waals surface area contributed by atoms with Crippen molar-refractivity contribution in [3.63, 3.8) is 0 Å². The van der Waals surface area contributed by atoms with Crippen LogP contribution in [0.15, 0.2) is 22.6 Å². The number of rotatable bonds is 3. The Morgan fingerprint density at radius 1 is 1.39 bits per heavy atom. The van der Waals surface area contributed by atoms with Crippen LogP contribution in [0.2, 0.25) is 0 Å². The number of nitrogens with zero attached hydrogens (tertiary/aromatic N) is 4. The van der Waals surface area contributed by atoms with Crippen LogP contribution in [-0.2, 0) is 7.05 Å². The van der Waals surface area contributed by atoms with E-state index in [1.54, 1.807) is 30.8 Å². The van der Waals surface area contributed by atoms with E-state index in [9.17, 15) is 9.90 Å². The molecule has 7 heteroatoms. The van der Waals surface area contributed by atoms with Gasteiger partial charge in [-0.2, -0.15) is 5.10 Å². The summed E-state index contributed by atoms with van der Waals surface area (Å²) in [5, 5.41) is 18.2. The number of imidazole rings is 1. The smallest absolute Gasteiger partial charge is 0.338 e. The largest absolute Gasteiger partial charge is 0.478 e. The Morgan fingerprint density at radius 2 is 2.11 bits per heavy atom. The van der Waals surface area contributed by atoms with E-state index in [-0.39, 0.29) is 5.56 Å². The lowest BCUT2D eigenvalue weighted by Gasteiger charge is -2.08. The van der Waals surface area contributed by atoms with Crippen LogP contribution in [0.4, 0.5) is 0 Å². The van der Waals surface area contributed by atoms with Crippen LogP contribution in [0, 0.1) is 13.8 Å². The molecule has 0 aromatic carbocycles. The minimum Gasteiger partial charge on any atom is -0.478 e. The molecular weight excluding hydrogens is 252 g/mol. The molecule has 0 aliphatic rings. The zero-order chi connectivity index (χ0) is 13.3. The van der Waals surface area contributed by atoms with Crippen LogP contribution >= 0.6 is 11.8 Å². The molecule has 0 atom stereocenters. The van der Waals surface area contributed by atoms with Crippen LogP contribution in [0.3, 0.4) is 0 Å². The molecule has 0 amide bonds. The number of carboxylic acid groups (broad SMARTS) is 1. The van der Waals surface area contributed by atoms with Gasteiger partial charge in [-0.1, -0.05) is 0 Å². The third kappa shape index (κ3) is 2.21.